The molecule has 0 atom stereocenters. The number of halogens is 3. The van der Waals surface area contributed by atoms with Gasteiger partial charge in [0.2, 0.25) is 5.91 Å². The quantitative estimate of drug-likeness (QED) is 0.719. The van der Waals surface area contributed by atoms with Crippen LogP contribution in [0.5, 0.6) is 0 Å². The van der Waals surface area contributed by atoms with Crippen LogP contribution in [-0.2, 0) is 4.79 Å². The first-order chi connectivity index (χ1) is 9.69. The third-order valence-corrected chi connectivity index (χ3v) is 2.10. The van der Waals surface area contributed by atoms with Gasteiger partial charge in [0, 0.05) is 0 Å². The number of hydrogen-bond donors (Lipinski definition) is 3. The van der Waals surface area contributed by atoms with Crippen molar-refractivity contribution >= 4 is 17.8 Å². The van der Waals surface area contributed by atoms with Gasteiger partial charge in [0.25, 0.3) is 5.91 Å². The fourth-order valence-electron chi connectivity index (χ4n) is 1.19. The summed E-state index contributed by atoms with van der Waals surface area (Å²) in [5.41, 5.74) is -0.636. The number of amides is 2. The Bertz CT molecular complexity index is 560. The third-order valence-electron chi connectivity index (χ3n) is 2.10. The molecule has 114 valence electrons. The van der Waals surface area contributed by atoms with Crippen molar-refractivity contribution in [1.29, 1.82) is 0 Å². The fraction of sp³-hybridized carbons (Fsp3) is 0.273. The minimum Gasteiger partial charge on any atom is -0.477 e. The molecule has 7 nitrogen and oxygen atoms in total. The maximum absolute atomic E-state index is 11.8. The molecule has 0 aliphatic heterocycles. The van der Waals surface area contributed by atoms with Crippen molar-refractivity contribution in [3.63, 3.8) is 0 Å². The zero-order chi connectivity index (χ0) is 16.0. The van der Waals surface area contributed by atoms with Crippen LogP contribution in [-0.4, -0.2) is 47.1 Å². The van der Waals surface area contributed by atoms with Gasteiger partial charge in [-0.1, -0.05) is 6.07 Å². The summed E-state index contributed by atoms with van der Waals surface area (Å²) in [6.07, 6.45) is -4.54. The summed E-state index contributed by atoms with van der Waals surface area (Å²) in [7, 11) is 0. The number of carboxylic acids is 1. The van der Waals surface area contributed by atoms with E-state index in [0.717, 1.165) is 6.07 Å². The summed E-state index contributed by atoms with van der Waals surface area (Å²) in [6, 6.07) is 3.64. The molecule has 1 heterocycles. The van der Waals surface area contributed by atoms with Crippen LogP contribution >= 0.6 is 0 Å². The Labute approximate surface area is 116 Å². The summed E-state index contributed by atoms with van der Waals surface area (Å²) in [4.78, 5) is 36.8. The lowest BCUT2D eigenvalue weighted by Crippen LogP contribution is -2.41. The monoisotopic (exact) mass is 305 g/mol. The number of carboxylic acid groups (broad SMARTS) is 1. The molecule has 0 radical (unpaired) electrons. The van der Waals surface area contributed by atoms with E-state index in [1.807, 2.05) is 5.32 Å². The van der Waals surface area contributed by atoms with Crippen LogP contribution in [0.1, 0.15) is 21.0 Å². The van der Waals surface area contributed by atoms with Crippen LogP contribution in [0.3, 0.4) is 0 Å². The second kappa shape index (κ2) is 6.68. The largest absolute Gasteiger partial charge is 0.477 e. The number of aromatic nitrogens is 1. The van der Waals surface area contributed by atoms with Gasteiger partial charge in [-0.3, -0.25) is 9.59 Å². The maximum atomic E-state index is 11.8. The summed E-state index contributed by atoms with van der Waals surface area (Å²) in [5, 5.41) is 12.3. The van der Waals surface area contributed by atoms with Crippen molar-refractivity contribution in [3.05, 3.63) is 29.6 Å². The van der Waals surface area contributed by atoms with Gasteiger partial charge in [-0.2, -0.15) is 13.2 Å². The predicted octanol–water partition coefficient (Wildman–Crippen LogP) is 0.188. The molecule has 3 N–H and O–H groups in total. The van der Waals surface area contributed by atoms with Gasteiger partial charge in [0.15, 0.2) is 0 Å². The second-order valence-electron chi connectivity index (χ2n) is 3.79. The van der Waals surface area contributed by atoms with Gasteiger partial charge in [-0.15, -0.1) is 0 Å². The number of carbonyl (C=O) groups is 3. The zero-order valence-electron chi connectivity index (χ0n) is 10.4. The Hall–Kier alpha value is -2.65. The summed E-state index contributed by atoms with van der Waals surface area (Å²) in [5.74, 6) is -3.25. The summed E-state index contributed by atoms with van der Waals surface area (Å²) >= 11 is 0. The van der Waals surface area contributed by atoms with Crippen molar-refractivity contribution in [2.24, 2.45) is 0 Å². The summed E-state index contributed by atoms with van der Waals surface area (Å²) in [6.45, 7) is -2.19. The Balaban J connectivity index is 2.52. The molecule has 1 aromatic heterocycles. The van der Waals surface area contributed by atoms with Crippen LogP contribution in [0.15, 0.2) is 18.2 Å². The van der Waals surface area contributed by atoms with E-state index >= 15 is 0 Å². The van der Waals surface area contributed by atoms with E-state index in [-0.39, 0.29) is 11.4 Å². The molecule has 0 fully saturated rings. The SMILES string of the molecule is O=C(CNC(=O)c1cccc(C(=O)O)n1)NCC(F)(F)F. The van der Waals surface area contributed by atoms with Crippen molar-refractivity contribution in [2.45, 2.75) is 6.18 Å². The molecule has 0 saturated carbocycles. The second-order valence-corrected chi connectivity index (χ2v) is 3.79. The first kappa shape index (κ1) is 16.4. The van der Waals surface area contributed by atoms with Crippen LogP contribution in [0.4, 0.5) is 13.2 Å². The number of aromatic carboxylic acids is 1. The van der Waals surface area contributed by atoms with E-state index in [9.17, 15) is 27.6 Å². The first-order valence-electron chi connectivity index (χ1n) is 5.51. The van der Waals surface area contributed by atoms with Gasteiger partial charge < -0.3 is 15.7 Å². The molecule has 21 heavy (non-hydrogen) atoms. The fourth-order valence-corrected chi connectivity index (χ4v) is 1.19. The van der Waals surface area contributed by atoms with Crippen molar-refractivity contribution in [3.8, 4) is 0 Å². The smallest absolute Gasteiger partial charge is 0.405 e. The number of rotatable bonds is 5. The molecule has 0 aliphatic carbocycles. The molecule has 1 rings (SSSR count). The van der Waals surface area contributed by atoms with Crippen molar-refractivity contribution in [1.82, 2.24) is 15.6 Å². The molecule has 1 aromatic rings. The Morgan fingerprint density at radius 3 is 2.33 bits per heavy atom. The van der Waals surface area contributed by atoms with Crippen LogP contribution in [0.25, 0.3) is 0 Å². The Kier molecular flexibility index (Phi) is 5.22. The van der Waals surface area contributed by atoms with E-state index in [1.165, 1.54) is 12.1 Å². The van der Waals surface area contributed by atoms with Crippen LogP contribution < -0.4 is 10.6 Å². The minimum atomic E-state index is -4.54. The average Bonchev–Trinajstić information content (AvgIpc) is 2.41. The minimum absolute atomic E-state index is 0.265. The first-order valence-corrected chi connectivity index (χ1v) is 5.51. The lowest BCUT2D eigenvalue weighted by atomic mass is 10.3. The Morgan fingerprint density at radius 1 is 1.14 bits per heavy atom. The molecular weight excluding hydrogens is 295 g/mol. The van der Waals surface area contributed by atoms with Crippen LogP contribution in [0.2, 0.25) is 0 Å². The third kappa shape index (κ3) is 5.89. The highest BCUT2D eigenvalue weighted by Gasteiger charge is 2.27. The number of nitrogens with zero attached hydrogens (tertiary/aromatic N) is 1. The molecular formula is C11H10F3N3O4. The van der Waals surface area contributed by atoms with Gasteiger partial charge in [0.05, 0.1) is 6.54 Å². The van der Waals surface area contributed by atoms with E-state index in [4.69, 9.17) is 5.11 Å². The maximum Gasteiger partial charge on any atom is 0.405 e. The number of carbonyl (C=O) groups excluding carboxylic acids is 2. The van der Waals surface area contributed by atoms with Gasteiger partial charge >= 0.3 is 12.1 Å². The number of nitrogens with one attached hydrogen (secondary N) is 2. The van der Waals surface area contributed by atoms with Crippen LogP contribution in [0, 0.1) is 0 Å². The normalized spacial score (nSPS) is 10.8. The topological polar surface area (TPSA) is 108 Å². The van der Waals surface area contributed by atoms with Gasteiger partial charge in [0.1, 0.15) is 17.9 Å². The van der Waals surface area contributed by atoms with Crippen molar-refractivity contribution < 1.29 is 32.7 Å². The standard InChI is InChI=1S/C11H10F3N3O4/c12-11(13,14)5-16-8(18)4-15-9(19)6-2-1-3-7(17-6)10(20)21/h1-3H,4-5H2,(H,15,19)(H,16,18)(H,20,21). The molecule has 0 spiro atoms. The van der Waals surface area contributed by atoms with E-state index in [1.54, 1.807) is 5.32 Å². The lowest BCUT2D eigenvalue weighted by Gasteiger charge is -2.09. The predicted molar refractivity (Wildman–Crippen MR) is 62.6 cm³/mol. The van der Waals surface area contributed by atoms with Gasteiger partial charge in [-0.25, -0.2) is 9.78 Å². The van der Waals surface area contributed by atoms with E-state index < -0.39 is 37.0 Å². The Morgan fingerprint density at radius 2 is 1.76 bits per heavy atom. The number of hydrogen-bond acceptors (Lipinski definition) is 4. The zero-order valence-corrected chi connectivity index (χ0v) is 10.4. The highest BCUT2D eigenvalue weighted by atomic mass is 19.4. The molecule has 0 saturated heterocycles. The average molecular weight is 305 g/mol. The molecule has 0 unspecified atom stereocenters. The highest BCUT2D eigenvalue weighted by Crippen LogP contribution is 2.11. The van der Waals surface area contributed by atoms with E-state index in [0.29, 0.717) is 0 Å². The highest BCUT2D eigenvalue weighted by molar-refractivity contribution is 5.96. The molecule has 10 heteroatoms. The number of pyridine rings is 1. The van der Waals surface area contributed by atoms with Crippen molar-refractivity contribution in [2.75, 3.05) is 13.1 Å². The molecule has 2 amide bonds. The molecule has 0 aliphatic rings. The van der Waals surface area contributed by atoms with E-state index in [2.05, 4.69) is 4.98 Å². The lowest BCUT2D eigenvalue weighted by molar-refractivity contribution is -0.137. The summed E-state index contributed by atoms with van der Waals surface area (Å²) < 4.78 is 35.5. The molecule has 0 bridgehead atoms. The van der Waals surface area contributed by atoms with Gasteiger partial charge in [-0.05, 0) is 12.1 Å². The molecule has 0 aromatic carbocycles. The number of alkyl halides is 3.